The summed E-state index contributed by atoms with van der Waals surface area (Å²) in [4.78, 5) is 6.89. The quantitative estimate of drug-likeness (QED) is 0.846. The smallest absolute Gasteiger partial charge is 0.0671 e. The summed E-state index contributed by atoms with van der Waals surface area (Å²) < 4.78 is 0. The van der Waals surface area contributed by atoms with E-state index in [0.717, 1.165) is 36.8 Å². The summed E-state index contributed by atoms with van der Waals surface area (Å²) in [5.41, 5.74) is 3.72. The third-order valence-corrected chi connectivity index (χ3v) is 3.80. The molecule has 0 aliphatic carbocycles. The van der Waals surface area contributed by atoms with Crippen LogP contribution in [0.4, 0.5) is 0 Å². The number of pyridine rings is 1. The van der Waals surface area contributed by atoms with E-state index in [4.69, 9.17) is 11.6 Å². The summed E-state index contributed by atoms with van der Waals surface area (Å²) in [5, 5.41) is 0.793. The van der Waals surface area contributed by atoms with E-state index in [0.29, 0.717) is 0 Å². The van der Waals surface area contributed by atoms with Crippen molar-refractivity contribution in [3.8, 4) is 0 Å². The van der Waals surface area contributed by atoms with Gasteiger partial charge in [0, 0.05) is 30.9 Å². The van der Waals surface area contributed by atoms with Gasteiger partial charge in [-0.1, -0.05) is 35.9 Å². The molecule has 3 rings (SSSR count). The molecule has 2 nitrogen and oxygen atoms in total. The molecule has 0 fully saturated rings. The molecule has 20 heavy (non-hydrogen) atoms. The minimum atomic E-state index is 0.793. The summed E-state index contributed by atoms with van der Waals surface area (Å²) in [5.74, 6) is 0. The van der Waals surface area contributed by atoms with Gasteiger partial charge < -0.3 is 0 Å². The van der Waals surface area contributed by atoms with Crippen LogP contribution < -0.4 is 0 Å². The van der Waals surface area contributed by atoms with E-state index in [1.165, 1.54) is 11.1 Å². The third-order valence-electron chi connectivity index (χ3n) is 3.54. The molecule has 1 aliphatic heterocycles. The van der Waals surface area contributed by atoms with Crippen LogP contribution in [0.25, 0.3) is 5.57 Å². The monoisotopic (exact) mass is 284 g/mol. The molecule has 0 saturated heterocycles. The van der Waals surface area contributed by atoms with E-state index in [9.17, 15) is 0 Å². The molecule has 1 aromatic carbocycles. The summed E-state index contributed by atoms with van der Waals surface area (Å²) in [6, 6.07) is 14.2. The highest BCUT2D eigenvalue weighted by Gasteiger charge is 2.14. The topological polar surface area (TPSA) is 16.1 Å². The Bertz CT molecular complexity index is 590. The number of halogens is 1. The molecule has 3 heteroatoms. The number of benzene rings is 1. The van der Waals surface area contributed by atoms with Crippen molar-refractivity contribution in [2.75, 3.05) is 13.1 Å². The Morgan fingerprint density at radius 1 is 1.10 bits per heavy atom. The van der Waals surface area contributed by atoms with Gasteiger partial charge in [0.1, 0.15) is 0 Å². The van der Waals surface area contributed by atoms with E-state index in [1.807, 2.05) is 30.5 Å². The number of rotatable bonds is 3. The highest BCUT2D eigenvalue weighted by Crippen LogP contribution is 2.20. The van der Waals surface area contributed by atoms with Gasteiger partial charge in [0.25, 0.3) is 0 Å². The molecular formula is C17H17ClN2. The first-order chi connectivity index (χ1) is 9.81. The summed E-state index contributed by atoms with van der Waals surface area (Å²) >= 11 is 5.93. The average Bonchev–Trinajstić information content (AvgIpc) is 2.51. The summed E-state index contributed by atoms with van der Waals surface area (Å²) in [6.45, 7) is 3.01. The van der Waals surface area contributed by atoms with Crippen LogP contribution in [0.1, 0.15) is 17.7 Å². The van der Waals surface area contributed by atoms with Crippen molar-refractivity contribution in [2.24, 2.45) is 0 Å². The van der Waals surface area contributed by atoms with Gasteiger partial charge in [-0.3, -0.25) is 9.88 Å². The molecule has 0 N–H and O–H groups in total. The maximum atomic E-state index is 5.93. The van der Waals surface area contributed by atoms with Gasteiger partial charge in [-0.05, 0) is 41.8 Å². The molecule has 1 aromatic heterocycles. The average molecular weight is 285 g/mol. The van der Waals surface area contributed by atoms with Crippen molar-refractivity contribution < 1.29 is 0 Å². The minimum absolute atomic E-state index is 0.793. The molecule has 0 spiro atoms. The number of nitrogens with zero attached hydrogens (tertiary/aromatic N) is 2. The van der Waals surface area contributed by atoms with E-state index < -0.39 is 0 Å². The fourth-order valence-electron chi connectivity index (χ4n) is 2.53. The summed E-state index contributed by atoms with van der Waals surface area (Å²) in [6.07, 6.45) is 5.24. The second-order valence-electron chi connectivity index (χ2n) is 5.07. The first kappa shape index (κ1) is 13.3. The van der Waals surface area contributed by atoms with Crippen LogP contribution in [-0.4, -0.2) is 23.0 Å². The van der Waals surface area contributed by atoms with E-state index >= 15 is 0 Å². The number of aromatic nitrogens is 1. The van der Waals surface area contributed by atoms with E-state index in [-0.39, 0.29) is 0 Å². The predicted molar refractivity (Wildman–Crippen MR) is 83.6 cm³/mol. The van der Waals surface area contributed by atoms with Gasteiger partial charge in [-0.15, -0.1) is 0 Å². The largest absolute Gasteiger partial charge is 0.294 e. The Morgan fingerprint density at radius 3 is 2.70 bits per heavy atom. The molecule has 0 radical (unpaired) electrons. The van der Waals surface area contributed by atoms with E-state index in [1.54, 1.807) is 0 Å². The van der Waals surface area contributed by atoms with Crippen LogP contribution >= 0.6 is 11.6 Å². The zero-order chi connectivity index (χ0) is 13.8. The lowest BCUT2D eigenvalue weighted by Crippen LogP contribution is -2.29. The highest BCUT2D eigenvalue weighted by atomic mass is 35.5. The van der Waals surface area contributed by atoms with Crippen LogP contribution in [0.3, 0.4) is 0 Å². The zero-order valence-corrected chi connectivity index (χ0v) is 12.1. The Kier molecular flexibility index (Phi) is 4.14. The Balaban J connectivity index is 1.68. The lowest BCUT2D eigenvalue weighted by Gasteiger charge is -2.27. The Labute approximate surface area is 124 Å². The second-order valence-corrected chi connectivity index (χ2v) is 5.51. The fourth-order valence-corrected chi connectivity index (χ4v) is 2.65. The first-order valence-corrected chi connectivity index (χ1v) is 7.26. The van der Waals surface area contributed by atoms with Crippen LogP contribution in [0, 0.1) is 0 Å². The van der Waals surface area contributed by atoms with Crippen LogP contribution in [0.15, 0.2) is 54.7 Å². The van der Waals surface area contributed by atoms with Crippen LogP contribution in [-0.2, 0) is 6.54 Å². The Hall–Kier alpha value is -1.64. The van der Waals surface area contributed by atoms with E-state index in [2.05, 4.69) is 34.2 Å². The van der Waals surface area contributed by atoms with Crippen molar-refractivity contribution in [2.45, 2.75) is 13.0 Å². The second kappa shape index (κ2) is 6.21. The molecular weight excluding hydrogens is 268 g/mol. The van der Waals surface area contributed by atoms with Gasteiger partial charge in [0.05, 0.1) is 5.69 Å². The zero-order valence-electron chi connectivity index (χ0n) is 11.3. The standard InChI is InChI=1S/C17H17ClN2/c18-16-8-6-14(7-9-16)12-20-11-3-4-15(13-20)17-5-1-2-10-19-17/h1-2,4-10H,3,11-13H2. The van der Waals surface area contributed by atoms with Crippen molar-refractivity contribution in [1.29, 1.82) is 0 Å². The normalized spacial score (nSPS) is 15.9. The van der Waals surface area contributed by atoms with Crippen molar-refractivity contribution >= 4 is 17.2 Å². The van der Waals surface area contributed by atoms with Gasteiger partial charge >= 0.3 is 0 Å². The number of hydrogen-bond acceptors (Lipinski definition) is 2. The highest BCUT2D eigenvalue weighted by molar-refractivity contribution is 6.30. The van der Waals surface area contributed by atoms with Crippen molar-refractivity contribution in [1.82, 2.24) is 9.88 Å². The predicted octanol–water partition coefficient (Wildman–Crippen LogP) is 4.02. The molecule has 0 saturated carbocycles. The van der Waals surface area contributed by atoms with Gasteiger partial charge in [0.2, 0.25) is 0 Å². The van der Waals surface area contributed by atoms with Gasteiger partial charge in [-0.25, -0.2) is 0 Å². The lowest BCUT2D eigenvalue weighted by atomic mass is 10.1. The van der Waals surface area contributed by atoms with Gasteiger partial charge in [-0.2, -0.15) is 0 Å². The lowest BCUT2D eigenvalue weighted by molar-refractivity contribution is 0.296. The van der Waals surface area contributed by atoms with Crippen LogP contribution in [0.5, 0.6) is 0 Å². The van der Waals surface area contributed by atoms with Crippen molar-refractivity contribution in [3.63, 3.8) is 0 Å². The molecule has 0 atom stereocenters. The van der Waals surface area contributed by atoms with Gasteiger partial charge in [0.15, 0.2) is 0 Å². The SMILES string of the molecule is Clc1ccc(CN2CCC=C(c3ccccn3)C2)cc1. The molecule has 1 aliphatic rings. The summed E-state index contributed by atoms with van der Waals surface area (Å²) in [7, 11) is 0. The third kappa shape index (κ3) is 3.27. The number of hydrogen-bond donors (Lipinski definition) is 0. The first-order valence-electron chi connectivity index (χ1n) is 6.88. The molecule has 102 valence electrons. The maximum Gasteiger partial charge on any atom is 0.0671 e. The molecule has 0 amide bonds. The minimum Gasteiger partial charge on any atom is -0.294 e. The Morgan fingerprint density at radius 2 is 1.95 bits per heavy atom. The van der Waals surface area contributed by atoms with Crippen LogP contribution in [0.2, 0.25) is 5.02 Å². The molecule has 2 heterocycles. The fraction of sp³-hybridized carbons (Fsp3) is 0.235. The molecule has 0 unspecified atom stereocenters. The molecule has 2 aromatic rings. The van der Waals surface area contributed by atoms with Crippen molar-refractivity contribution in [3.05, 3.63) is 71.0 Å². The maximum absolute atomic E-state index is 5.93. The molecule has 0 bridgehead atoms.